The number of aryl methyl sites for hydroxylation is 1. The van der Waals surface area contributed by atoms with E-state index in [2.05, 4.69) is 15.4 Å². The molecule has 8 heteroatoms. The fourth-order valence-corrected chi connectivity index (χ4v) is 3.72. The number of hydrogen-bond donors (Lipinski definition) is 1. The van der Waals surface area contributed by atoms with Crippen molar-refractivity contribution in [2.24, 2.45) is 5.92 Å². The highest BCUT2D eigenvalue weighted by Crippen LogP contribution is 2.19. The molecule has 1 aliphatic heterocycles. The third kappa shape index (κ3) is 4.56. The maximum Gasteiger partial charge on any atom is 0.346 e. The van der Waals surface area contributed by atoms with Crippen LogP contribution in [0.2, 0.25) is 5.02 Å². The molecule has 0 bridgehead atoms. The molecule has 0 spiro atoms. The Labute approximate surface area is 173 Å². The molecular formula is C21H22ClN5O2. The van der Waals surface area contributed by atoms with E-state index >= 15 is 0 Å². The Morgan fingerprint density at radius 2 is 1.86 bits per heavy atom. The molecule has 0 aliphatic carbocycles. The van der Waals surface area contributed by atoms with Gasteiger partial charge < -0.3 is 5.32 Å². The first-order valence-corrected chi connectivity index (χ1v) is 10.1. The molecule has 4 rings (SSSR count). The number of nitrogens with one attached hydrogen (secondary N) is 1. The fraction of sp³-hybridized carbons (Fsp3) is 0.333. The summed E-state index contributed by atoms with van der Waals surface area (Å²) in [5.74, 6) is 0.636. The highest BCUT2D eigenvalue weighted by Gasteiger charge is 2.25. The number of benzene rings is 1. The average molecular weight is 412 g/mol. The van der Waals surface area contributed by atoms with Gasteiger partial charge in [0, 0.05) is 42.8 Å². The Kier molecular flexibility index (Phi) is 5.76. The molecule has 0 saturated carbocycles. The van der Waals surface area contributed by atoms with Gasteiger partial charge in [-0.1, -0.05) is 23.7 Å². The molecule has 1 amide bonds. The minimum atomic E-state index is -0.128. The van der Waals surface area contributed by atoms with Gasteiger partial charge in [-0.15, -0.1) is 0 Å². The van der Waals surface area contributed by atoms with E-state index in [9.17, 15) is 9.59 Å². The van der Waals surface area contributed by atoms with Gasteiger partial charge in [-0.3, -0.25) is 14.3 Å². The van der Waals surface area contributed by atoms with Crippen LogP contribution in [-0.2, 0) is 30.8 Å². The monoisotopic (exact) mass is 411 g/mol. The second-order valence-electron chi connectivity index (χ2n) is 7.23. The van der Waals surface area contributed by atoms with Crippen LogP contribution >= 0.6 is 11.6 Å². The van der Waals surface area contributed by atoms with Gasteiger partial charge in [-0.2, -0.15) is 5.10 Å². The first-order valence-electron chi connectivity index (χ1n) is 9.68. The van der Waals surface area contributed by atoms with Crippen molar-refractivity contribution in [3.63, 3.8) is 0 Å². The summed E-state index contributed by atoms with van der Waals surface area (Å²) >= 11 is 5.89. The number of pyridine rings is 1. The summed E-state index contributed by atoms with van der Waals surface area (Å²) in [6, 6.07) is 11.2. The predicted molar refractivity (Wildman–Crippen MR) is 110 cm³/mol. The minimum Gasteiger partial charge on any atom is -0.352 e. The van der Waals surface area contributed by atoms with Crippen molar-refractivity contribution in [1.29, 1.82) is 0 Å². The Hall–Kier alpha value is -2.93. The maximum absolute atomic E-state index is 12.7. The Bertz CT molecular complexity index is 1040. The largest absolute Gasteiger partial charge is 0.352 e. The number of halogens is 1. The van der Waals surface area contributed by atoms with Gasteiger partial charge in [0.05, 0.1) is 6.54 Å². The van der Waals surface area contributed by atoms with Crippen molar-refractivity contribution >= 4 is 17.5 Å². The number of nitrogens with zero attached hydrogens (tertiary/aromatic N) is 4. The van der Waals surface area contributed by atoms with Crippen molar-refractivity contribution in [1.82, 2.24) is 24.6 Å². The highest BCUT2D eigenvalue weighted by atomic mass is 35.5. The smallest absolute Gasteiger partial charge is 0.346 e. The number of rotatable bonds is 5. The standard InChI is InChI=1S/C21H22ClN5O2/c22-18-4-1-15(2-5-18)13-24-20(28)17-3-6-19-25-27(21(29)26(19)12-9-17)14-16-7-10-23-11-8-16/h1-2,4-5,7-8,10-11,17H,3,6,9,12-14H2,(H,24,28). The van der Waals surface area contributed by atoms with E-state index in [4.69, 9.17) is 11.6 Å². The van der Waals surface area contributed by atoms with Crippen molar-refractivity contribution in [2.45, 2.75) is 38.9 Å². The molecule has 3 heterocycles. The van der Waals surface area contributed by atoms with Gasteiger partial charge in [-0.25, -0.2) is 9.48 Å². The van der Waals surface area contributed by atoms with Crippen molar-refractivity contribution < 1.29 is 4.79 Å². The molecular weight excluding hydrogens is 390 g/mol. The minimum absolute atomic E-state index is 0.0165. The van der Waals surface area contributed by atoms with Crippen LogP contribution in [0.5, 0.6) is 0 Å². The van der Waals surface area contributed by atoms with Gasteiger partial charge >= 0.3 is 5.69 Å². The Balaban J connectivity index is 1.37. The zero-order chi connectivity index (χ0) is 20.2. The lowest BCUT2D eigenvalue weighted by molar-refractivity contribution is -0.125. The first-order chi connectivity index (χ1) is 14.1. The van der Waals surface area contributed by atoms with Gasteiger partial charge in [0.2, 0.25) is 5.91 Å². The second-order valence-corrected chi connectivity index (χ2v) is 7.67. The zero-order valence-corrected chi connectivity index (χ0v) is 16.7. The topological polar surface area (TPSA) is 81.8 Å². The van der Waals surface area contributed by atoms with Gasteiger partial charge in [-0.05, 0) is 48.2 Å². The quantitative estimate of drug-likeness (QED) is 0.699. The van der Waals surface area contributed by atoms with Crippen LogP contribution in [0.15, 0.2) is 53.6 Å². The molecule has 1 atom stereocenters. The van der Waals surface area contributed by atoms with Crippen LogP contribution in [0.4, 0.5) is 0 Å². The second kappa shape index (κ2) is 8.61. The fourth-order valence-electron chi connectivity index (χ4n) is 3.59. The number of hydrogen-bond acceptors (Lipinski definition) is 4. The summed E-state index contributed by atoms with van der Waals surface area (Å²) < 4.78 is 3.19. The van der Waals surface area contributed by atoms with E-state index in [1.807, 2.05) is 36.4 Å². The summed E-state index contributed by atoms with van der Waals surface area (Å²) in [5, 5.41) is 8.17. The molecule has 1 N–H and O–H groups in total. The molecule has 0 saturated heterocycles. The number of fused-ring (bicyclic) bond motifs is 1. The number of carbonyl (C=O) groups is 1. The van der Waals surface area contributed by atoms with Gasteiger partial charge in [0.15, 0.2) is 0 Å². The van der Waals surface area contributed by atoms with Crippen molar-refractivity contribution in [2.75, 3.05) is 0 Å². The molecule has 2 aromatic heterocycles. The SMILES string of the molecule is O=C(NCc1ccc(Cl)cc1)C1CCc2nn(Cc3ccncc3)c(=O)n2CC1. The molecule has 1 unspecified atom stereocenters. The highest BCUT2D eigenvalue weighted by molar-refractivity contribution is 6.30. The normalized spacial score (nSPS) is 16.1. The summed E-state index contributed by atoms with van der Waals surface area (Å²) in [5.41, 5.74) is 1.86. The van der Waals surface area contributed by atoms with Crippen LogP contribution in [-0.4, -0.2) is 25.2 Å². The van der Waals surface area contributed by atoms with Crippen LogP contribution in [0.1, 0.15) is 29.8 Å². The first kappa shape index (κ1) is 19.4. The number of aromatic nitrogens is 4. The third-order valence-corrected chi connectivity index (χ3v) is 5.50. The van der Waals surface area contributed by atoms with E-state index in [0.717, 1.165) is 17.0 Å². The molecule has 0 radical (unpaired) electrons. The predicted octanol–water partition coefficient (Wildman–Crippen LogP) is 2.41. The van der Waals surface area contributed by atoms with Crippen molar-refractivity contribution in [3.8, 4) is 0 Å². The molecule has 29 heavy (non-hydrogen) atoms. The Morgan fingerprint density at radius 1 is 1.10 bits per heavy atom. The van der Waals surface area contributed by atoms with Gasteiger partial charge in [0.25, 0.3) is 0 Å². The zero-order valence-electron chi connectivity index (χ0n) is 15.9. The molecule has 150 valence electrons. The van der Waals surface area contributed by atoms with E-state index in [1.54, 1.807) is 17.0 Å². The van der Waals surface area contributed by atoms with Crippen LogP contribution in [0.3, 0.4) is 0 Å². The van der Waals surface area contributed by atoms with E-state index in [0.29, 0.717) is 43.9 Å². The van der Waals surface area contributed by atoms with E-state index < -0.39 is 0 Å². The summed E-state index contributed by atoms with van der Waals surface area (Å²) in [6.07, 6.45) is 5.32. The Morgan fingerprint density at radius 3 is 2.62 bits per heavy atom. The van der Waals surface area contributed by atoms with E-state index in [-0.39, 0.29) is 17.5 Å². The molecule has 7 nitrogen and oxygen atoms in total. The lowest BCUT2D eigenvalue weighted by Gasteiger charge is -2.14. The third-order valence-electron chi connectivity index (χ3n) is 5.25. The van der Waals surface area contributed by atoms with Crippen LogP contribution in [0.25, 0.3) is 0 Å². The molecule has 3 aromatic rings. The number of carbonyl (C=O) groups excluding carboxylic acids is 1. The summed E-state index contributed by atoms with van der Waals surface area (Å²) in [7, 11) is 0. The van der Waals surface area contributed by atoms with Crippen molar-refractivity contribution in [3.05, 3.63) is 81.3 Å². The van der Waals surface area contributed by atoms with Crippen LogP contribution in [0, 0.1) is 5.92 Å². The van der Waals surface area contributed by atoms with Crippen LogP contribution < -0.4 is 11.0 Å². The van der Waals surface area contributed by atoms with E-state index in [1.165, 1.54) is 4.68 Å². The summed E-state index contributed by atoms with van der Waals surface area (Å²) in [6.45, 7) is 1.39. The molecule has 1 aromatic carbocycles. The molecule has 0 fully saturated rings. The summed E-state index contributed by atoms with van der Waals surface area (Å²) in [4.78, 5) is 29.3. The maximum atomic E-state index is 12.7. The van der Waals surface area contributed by atoms with Gasteiger partial charge in [0.1, 0.15) is 5.82 Å². The average Bonchev–Trinajstić information content (AvgIpc) is 2.90. The molecule has 1 aliphatic rings. The lowest BCUT2D eigenvalue weighted by Crippen LogP contribution is -2.31. The number of amides is 1. The lowest BCUT2D eigenvalue weighted by atomic mass is 9.99.